The number of hydrogen-bond acceptors (Lipinski definition) is 5. The Labute approximate surface area is 84.7 Å². The highest BCUT2D eigenvalue weighted by Gasteiger charge is 2.09. The van der Waals surface area contributed by atoms with E-state index in [1.165, 1.54) is 20.2 Å². The van der Waals surface area contributed by atoms with Gasteiger partial charge in [0.1, 0.15) is 0 Å². The van der Waals surface area contributed by atoms with Gasteiger partial charge in [-0.3, -0.25) is 4.79 Å². The number of halogens is 1. The summed E-state index contributed by atoms with van der Waals surface area (Å²) in [6.07, 6.45) is 1.46. The van der Waals surface area contributed by atoms with Crippen LogP contribution in [0.1, 0.15) is 6.92 Å². The zero-order valence-electron chi connectivity index (χ0n) is 7.07. The molecular weight excluding hydrogens is 212 g/mol. The number of methoxy groups -OCH3 is 1. The van der Waals surface area contributed by atoms with Crippen molar-refractivity contribution in [2.45, 2.75) is 11.8 Å². The van der Waals surface area contributed by atoms with Crippen LogP contribution in [-0.4, -0.2) is 22.2 Å². The predicted octanol–water partition coefficient (Wildman–Crippen LogP) is 1.78. The third-order valence-corrected chi connectivity index (χ3v) is 2.11. The van der Waals surface area contributed by atoms with Crippen LogP contribution in [0, 0.1) is 0 Å². The van der Waals surface area contributed by atoms with Crippen LogP contribution < -0.4 is 4.74 Å². The first-order valence-electron chi connectivity index (χ1n) is 3.38. The first kappa shape index (κ1) is 10.3. The summed E-state index contributed by atoms with van der Waals surface area (Å²) in [7, 11) is 1.46. The highest BCUT2D eigenvalue weighted by atomic mass is 35.5. The summed E-state index contributed by atoms with van der Waals surface area (Å²) >= 11 is 6.55. The van der Waals surface area contributed by atoms with Crippen molar-refractivity contribution in [2.75, 3.05) is 7.11 Å². The van der Waals surface area contributed by atoms with Crippen molar-refractivity contribution < 1.29 is 9.53 Å². The molecule has 4 nitrogen and oxygen atoms in total. The van der Waals surface area contributed by atoms with Crippen LogP contribution >= 0.6 is 23.4 Å². The molecule has 0 aliphatic heterocycles. The lowest BCUT2D eigenvalue weighted by Crippen LogP contribution is -1.94. The second-order valence-electron chi connectivity index (χ2n) is 2.11. The number of ether oxygens (including phenoxy) is 1. The molecule has 0 aromatic carbocycles. The summed E-state index contributed by atoms with van der Waals surface area (Å²) in [5.41, 5.74) is 0. The number of aromatic nitrogens is 2. The van der Waals surface area contributed by atoms with E-state index in [0.29, 0.717) is 10.8 Å². The average Bonchev–Trinajstić information content (AvgIpc) is 2.07. The molecule has 70 valence electrons. The van der Waals surface area contributed by atoms with Crippen molar-refractivity contribution in [1.29, 1.82) is 0 Å². The predicted molar refractivity (Wildman–Crippen MR) is 50.1 cm³/mol. The molecule has 0 unspecified atom stereocenters. The highest BCUT2D eigenvalue weighted by Crippen LogP contribution is 2.27. The fourth-order valence-corrected chi connectivity index (χ4v) is 1.46. The third kappa shape index (κ3) is 2.86. The maximum atomic E-state index is 10.8. The largest absolute Gasteiger partial charge is 0.480 e. The molecule has 0 spiro atoms. The van der Waals surface area contributed by atoms with Gasteiger partial charge in [0.05, 0.1) is 12.0 Å². The molecule has 1 aromatic heterocycles. The molecular formula is C7H7ClN2O2S. The van der Waals surface area contributed by atoms with Crippen molar-refractivity contribution in [1.82, 2.24) is 9.97 Å². The Morgan fingerprint density at radius 2 is 2.38 bits per heavy atom. The topological polar surface area (TPSA) is 52.1 Å². The molecule has 1 rings (SSSR count). The van der Waals surface area contributed by atoms with Crippen molar-refractivity contribution in [3.05, 3.63) is 11.5 Å². The summed E-state index contributed by atoms with van der Waals surface area (Å²) in [5, 5.41) is 0.0500. The Bertz CT molecular complexity index is 332. The van der Waals surface area contributed by atoms with Crippen LogP contribution in [0.4, 0.5) is 0 Å². The normalized spacial score (nSPS) is 9.77. The molecule has 0 atom stereocenters. The van der Waals surface area contributed by atoms with Gasteiger partial charge in [0.25, 0.3) is 0 Å². The van der Waals surface area contributed by atoms with Crippen molar-refractivity contribution in [3.63, 3.8) is 0 Å². The van der Waals surface area contributed by atoms with Gasteiger partial charge in [-0.2, -0.15) is 4.98 Å². The highest BCUT2D eigenvalue weighted by molar-refractivity contribution is 8.13. The molecule has 1 heterocycles. The number of nitrogens with zero attached hydrogens (tertiary/aromatic N) is 2. The smallest absolute Gasteiger partial charge is 0.231 e. The fraction of sp³-hybridized carbons (Fsp3) is 0.286. The van der Waals surface area contributed by atoms with E-state index in [2.05, 4.69) is 9.97 Å². The quantitative estimate of drug-likeness (QED) is 0.560. The lowest BCUT2D eigenvalue weighted by molar-refractivity contribution is -0.109. The first-order chi connectivity index (χ1) is 6.13. The van der Waals surface area contributed by atoms with Gasteiger partial charge in [-0.25, -0.2) is 4.98 Å². The number of hydrogen-bond donors (Lipinski definition) is 0. The summed E-state index contributed by atoms with van der Waals surface area (Å²) in [4.78, 5) is 18.9. The Hall–Kier alpha value is -0.810. The van der Waals surface area contributed by atoms with E-state index < -0.39 is 0 Å². The van der Waals surface area contributed by atoms with E-state index in [0.717, 1.165) is 11.8 Å². The molecule has 0 amide bonds. The lowest BCUT2D eigenvalue weighted by Gasteiger charge is -2.03. The average molecular weight is 219 g/mol. The molecule has 1 aromatic rings. The van der Waals surface area contributed by atoms with E-state index in [1.54, 1.807) is 0 Å². The number of carbonyl (C=O) groups is 1. The third-order valence-electron chi connectivity index (χ3n) is 1.14. The molecule has 0 saturated heterocycles. The zero-order valence-corrected chi connectivity index (χ0v) is 8.65. The molecule has 0 aliphatic rings. The Balaban J connectivity index is 2.99. The maximum absolute atomic E-state index is 10.8. The van der Waals surface area contributed by atoms with E-state index in [-0.39, 0.29) is 10.4 Å². The lowest BCUT2D eigenvalue weighted by atomic mass is 10.6. The van der Waals surface area contributed by atoms with Gasteiger partial charge in [0.15, 0.2) is 5.12 Å². The van der Waals surface area contributed by atoms with E-state index in [9.17, 15) is 4.79 Å². The molecule has 13 heavy (non-hydrogen) atoms. The van der Waals surface area contributed by atoms with Crippen molar-refractivity contribution >= 4 is 28.5 Å². The van der Waals surface area contributed by atoms with Gasteiger partial charge >= 0.3 is 0 Å². The van der Waals surface area contributed by atoms with Crippen LogP contribution in [0.5, 0.6) is 5.88 Å². The molecule has 6 heteroatoms. The summed E-state index contributed by atoms with van der Waals surface area (Å²) in [6.45, 7) is 1.46. The van der Waals surface area contributed by atoms with Crippen molar-refractivity contribution in [2.24, 2.45) is 0 Å². The van der Waals surface area contributed by atoms with E-state index in [4.69, 9.17) is 16.3 Å². The van der Waals surface area contributed by atoms with Crippen LogP contribution in [0.2, 0.25) is 5.28 Å². The van der Waals surface area contributed by atoms with Crippen LogP contribution in [0.25, 0.3) is 0 Å². The molecule has 0 aliphatic carbocycles. The standard InChI is InChI=1S/C7H7ClN2O2S/c1-4(11)13-5-3-9-7(8)10-6(5)12-2/h3H,1-2H3. The van der Waals surface area contributed by atoms with Gasteiger partial charge in [0.2, 0.25) is 11.2 Å². The zero-order chi connectivity index (χ0) is 9.84. The fourth-order valence-electron chi connectivity index (χ4n) is 0.706. The SMILES string of the molecule is COc1nc(Cl)ncc1SC(C)=O. The van der Waals surface area contributed by atoms with Crippen molar-refractivity contribution in [3.8, 4) is 5.88 Å². The van der Waals surface area contributed by atoms with Gasteiger partial charge in [-0.15, -0.1) is 0 Å². The minimum atomic E-state index is -0.0516. The summed E-state index contributed by atoms with van der Waals surface area (Å²) in [5.74, 6) is 0.320. The number of carbonyl (C=O) groups excluding carboxylic acids is 1. The van der Waals surface area contributed by atoms with E-state index in [1.807, 2.05) is 0 Å². The minimum Gasteiger partial charge on any atom is -0.480 e. The Morgan fingerprint density at radius 1 is 1.69 bits per heavy atom. The monoisotopic (exact) mass is 218 g/mol. The first-order valence-corrected chi connectivity index (χ1v) is 4.58. The Morgan fingerprint density at radius 3 is 2.92 bits per heavy atom. The second-order valence-corrected chi connectivity index (χ2v) is 3.66. The number of rotatable bonds is 2. The molecule has 0 radical (unpaired) electrons. The number of thioether (sulfide) groups is 1. The van der Waals surface area contributed by atoms with Gasteiger partial charge in [-0.1, -0.05) is 0 Å². The molecule has 0 bridgehead atoms. The van der Waals surface area contributed by atoms with Gasteiger partial charge in [0, 0.05) is 13.1 Å². The van der Waals surface area contributed by atoms with Gasteiger partial charge in [-0.05, 0) is 23.4 Å². The molecule has 0 saturated carbocycles. The summed E-state index contributed by atoms with van der Waals surface area (Å²) in [6, 6.07) is 0. The van der Waals surface area contributed by atoms with Crippen LogP contribution in [0.3, 0.4) is 0 Å². The van der Waals surface area contributed by atoms with Crippen LogP contribution in [0.15, 0.2) is 11.1 Å². The van der Waals surface area contributed by atoms with Crippen LogP contribution in [-0.2, 0) is 4.79 Å². The second kappa shape index (κ2) is 4.43. The summed E-state index contributed by atoms with van der Waals surface area (Å²) < 4.78 is 4.92. The molecule has 0 fully saturated rings. The molecule has 0 N–H and O–H groups in total. The van der Waals surface area contributed by atoms with E-state index >= 15 is 0 Å². The maximum Gasteiger partial charge on any atom is 0.231 e. The minimum absolute atomic E-state index is 0.0516. The van der Waals surface area contributed by atoms with Gasteiger partial charge < -0.3 is 4.74 Å². The Kier molecular flexibility index (Phi) is 3.50.